The third-order valence-electron chi connectivity index (χ3n) is 6.75. The number of likely N-dealkylation sites (tertiary alicyclic amines) is 1. The topological polar surface area (TPSA) is 45.6 Å². The van der Waals surface area contributed by atoms with E-state index < -0.39 is 0 Å². The van der Waals surface area contributed by atoms with E-state index in [-0.39, 0.29) is 12.0 Å². The smallest absolute Gasteiger partial charge is 0.187 e. The van der Waals surface area contributed by atoms with Gasteiger partial charge in [-0.3, -0.25) is 4.90 Å². The van der Waals surface area contributed by atoms with E-state index in [0.717, 1.165) is 62.4 Å². The molecule has 1 aromatic heterocycles. The minimum atomic E-state index is -0.175. The number of aryl methyl sites for hydroxylation is 1. The molecule has 0 saturated carbocycles. The van der Waals surface area contributed by atoms with Gasteiger partial charge in [0.05, 0.1) is 12.3 Å². The third kappa shape index (κ3) is 5.59. The van der Waals surface area contributed by atoms with Crippen LogP contribution >= 0.6 is 23.2 Å². The molecule has 172 valence electrons. The molecule has 4 rings (SSSR count). The summed E-state index contributed by atoms with van der Waals surface area (Å²) in [5.74, 6) is 0.983. The molecule has 1 aliphatic heterocycles. The lowest BCUT2D eigenvalue weighted by Crippen LogP contribution is -2.43. The monoisotopic (exact) mass is 482 g/mol. The summed E-state index contributed by atoms with van der Waals surface area (Å²) in [7, 11) is 0. The molecule has 0 amide bonds. The molecule has 0 unspecified atom stereocenters. The van der Waals surface area contributed by atoms with Crippen LogP contribution in [0.2, 0.25) is 10.0 Å². The number of piperidine rings is 1. The van der Waals surface area contributed by atoms with Crippen LogP contribution in [0.15, 0.2) is 48.7 Å². The highest BCUT2D eigenvalue weighted by molar-refractivity contribution is 6.33. The lowest BCUT2D eigenvalue weighted by Gasteiger charge is -2.41. The number of hydrogen-bond donors (Lipinski definition) is 1. The summed E-state index contributed by atoms with van der Waals surface area (Å²) in [4.78, 5) is 10.5. The maximum absolute atomic E-state index is 10.3. The zero-order chi connectivity index (χ0) is 23.4. The minimum Gasteiger partial charge on any atom is -0.396 e. The number of aliphatic hydroxyl groups is 1. The zero-order valence-electron chi connectivity index (χ0n) is 18.8. The van der Waals surface area contributed by atoms with E-state index in [1.165, 1.54) is 5.69 Å². The van der Waals surface area contributed by atoms with Crippen LogP contribution in [-0.2, 0) is 19.5 Å². The van der Waals surface area contributed by atoms with E-state index in [1.807, 2.05) is 49.5 Å². The van der Waals surface area contributed by atoms with Crippen LogP contribution in [0, 0.1) is 18.9 Å². The Kier molecular flexibility index (Phi) is 7.41. The average molecular weight is 483 g/mol. The van der Waals surface area contributed by atoms with Crippen molar-refractivity contribution in [2.45, 2.75) is 39.3 Å². The molecule has 0 atom stereocenters. The average Bonchev–Trinajstić information content (AvgIpc) is 3.17. The van der Waals surface area contributed by atoms with Crippen LogP contribution in [0.1, 0.15) is 35.5 Å². The Morgan fingerprint density at radius 3 is 2.48 bits per heavy atom. The number of hydrogen-bond acceptors (Lipinski definition) is 3. The SMILES string of the molecule is [C-]#[N+]c1ccc(Cn2c(CN3CCC(CO)(Cc4cc(Cl)ccc4Cl)CC3)cnc2C)cc1. The van der Waals surface area contributed by atoms with Crippen molar-refractivity contribution in [3.05, 3.63) is 92.8 Å². The molecule has 0 spiro atoms. The third-order valence-corrected chi connectivity index (χ3v) is 7.36. The molecule has 3 aromatic rings. The summed E-state index contributed by atoms with van der Waals surface area (Å²) in [6.45, 7) is 12.7. The van der Waals surface area contributed by atoms with E-state index >= 15 is 0 Å². The number of rotatable bonds is 7. The van der Waals surface area contributed by atoms with Gasteiger partial charge in [-0.1, -0.05) is 47.5 Å². The highest BCUT2D eigenvalue weighted by Gasteiger charge is 2.35. The van der Waals surface area contributed by atoms with Crippen molar-refractivity contribution in [3.63, 3.8) is 0 Å². The van der Waals surface area contributed by atoms with Gasteiger partial charge in [0, 0.05) is 35.9 Å². The second kappa shape index (κ2) is 10.3. The van der Waals surface area contributed by atoms with Gasteiger partial charge in [0.15, 0.2) is 5.69 Å². The molecule has 1 saturated heterocycles. The van der Waals surface area contributed by atoms with E-state index in [4.69, 9.17) is 29.8 Å². The van der Waals surface area contributed by atoms with Crippen LogP contribution in [0.5, 0.6) is 0 Å². The number of nitrogens with zero attached hydrogens (tertiary/aromatic N) is 4. The second-order valence-electron chi connectivity index (χ2n) is 9.01. The summed E-state index contributed by atoms with van der Waals surface area (Å²) in [6.07, 6.45) is 4.49. The Bertz CT molecular complexity index is 1140. The number of halogens is 2. The van der Waals surface area contributed by atoms with Gasteiger partial charge >= 0.3 is 0 Å². The zero-order valence-corrected chi connectivity index (χ0v) is 20.3. The second-order valence-corrected chi connectivity index (χ2v) is 9.85. The standard InChI is InChI=1S/C26H28Cl2N4O/c1-19-30-15-24(32(19)16-20-3-6-23(29-2)7-4-20)17-31-11-9-26(18-33,10-12-31)14-21-13-22(27)5-8-25(21)28/h3-8,13,15,33H,9-12,14,16-18H2,1H3. The lowest BCUT2D eigenvalue weighted by molar-refractivity contribution is 0.0406. The number of imidazole rings is 1. The fraction of sp³-hybridized carbons (Fsp3) is 0.385. The highest BCUT2D eigenvalue weighted by atomic mass is 35.5. The number of aliphatic hydroxyl groups excluding tert-OH is 1. The van der Waals surface area contributed by atoms with Crippen molar-refractivity contribution in [1.82, 2.24) is 14.5 Å². The first kappa shape index (κ1) is 23.8. The van der Waals surface area contributed by atoms with Gasteiger partial charge in [-0.05, 0) is 74.0 Å². The fourth-order valence-corrected chi connectivity index (χ4v) is 4.98. The van der Waals surface area contributed by atoms with Crippen LogP contribution in [-0.4, -0.2) is 39.3 Å². The Morgan fingerprint density at radius 1 is 1.09 bits per heavy atom. The molecule has 1 fully saturated rings. The Morgan fingerprint density at radius 2 is 1.82 bits per heavy atom. The maximum Gasteiger partial charge on any atom is 0.187 e. The van der Waals surface area contributed by atoms with E-state index in [1.54, 1.807) is 6.07 Å². The van der Waals surface area contributed by atoms with Gasteiger partial charge in [0.1, 0.15) is 5.82 Å². The molecular weight excluding hydrogens is 455 g/mol. The molecule has 1 N–H and O–H groups in total. The van der Waals surface area contributed by atoms with Gasteiger partial charge in [-0.25, -0.2) is 9.83 Å². The molecule has 0 radical (unpaired) electrons. The summed E-state index contributed by atoms with van der Waals surface area (Å²) in [5, 5.41) is 11.6. The molecule has 0 bridgehead atoms. The normalized spacial score (nSPS) is 16.0. The number of benzene rings is 2. The summed E-state index contributed by atoms with van der Waals surface area (Å²) < 4.78 is 2.24. The Labute approximate surface area is 205 Å². The Hall–Kier alpha value is -2.36. The quantitative estimate of drug-likeness (QED) is 0.425. The van der Waals surface area contributed by atoms with E-state index in [0.29, 0.717) is 15.7 Å². The van der Waals surface area contributed by atoms with Crippen molar-refractivity contribution in [2.75, 3.05) is 19.7 Å². The van der Waals surface area contributed by atoms with Gasteiger partial charge < -0.3 is 9.67 Å². The fourth-order valence-electron chi connectivity index (χ4n) is 4.60. The first-order chi connectivity index (χ1) is 15.9. The largest absolute Gasteiger partial charge is 0.396 e. The molecule has 5 nitrogen and oxygen atoms in total. The highest BCUT2D eigenvalue weighted by Crippen LogP contribution is 2.37. The number of aromatic nitrogens is 2. The van der Waals surface area contributed by atoms with Crippen molar-refractivity contribution in [1.29, 1.82) is 0 Å². The van der Waals surface area contributed by atoms with Crippen molar-refractivity contribution in [2.24, 2.45) is 5.41 Å². The maximum atomic E-state index is 10.3. The molecule has 1 aliphatic rings. The molecule has 2 aromatic carbocycles. The van der Waals surface area contributed by atoms with Crippen LogP contribution < -0.4 is 0 Å². The Balaban J connectivity index is 1.41. The lowest BCUT2D eigenvalue weighted by atomic mass is 9.74. The molecule has 33 heavy (non-hydrogen) atoms. The predicted octanol–water partition coefficient (Wildman–Crippen LogP) is 5.91. The minimum absolute atomic E-state index is 0.140. The van der Waals surface area contributed by atoms with Crippen molar-refractivity contribution in [3.8, 4) is 0 Å². The first-order valence-electron chi connectivity index (χ1n) is 11.2. The molecular formula is C26H28Cl2N4O. The molecule has 2 heterocycles. The van der Waals surface area contributed by atoms with Crippen LogP contribution in [0.25, 0.3) is 4.85 Å². The molecule has 7 heteroatoms. The van der Waals surface area contributed by atoms with Gasteiger partial charge in [-0.2, -0.15) is 0 Å². The summed E-state index contributed by atoms with van der Waals surface area (Å²) >= 11 is 12.6. The predicted molar refractivity (Wildman–Crippen MR) is 133 cm³/mol. The van der Waals surface area contributed by atoms with Crippen LogP contribution in [0.3, 0.4) is 0 Å². The van der Waals surface area contributed by atoms with Gasteiger partial charge in [0.2, 0.25) is 0 Å². The van der Waals surface area contributed by atoms with Crippen molar-refractivity contribution < 1.29 is 5.11 Å². The summed E-state index contributed by atoms with van der Waals surface area (Å²) in [5.41, 5.74) is 3.81. The first-order valence-corrected chi connectivity index (χ1v) is 11.9. The summed E-state index contributed by atoms with van der Waals surface area (Å²) in [6, 6.07) is 13.3. The van der Waals surface area contributed by atoms with Crippen molar-refractivity contribution >= 4 is 28.9 Å². The van der Waals surface area contributed by atoms with Gasteiger partial charge in [-0.15, -0.1) is 0 Å². The van der Waals surface area contributed by atoms with Gasteiger partial charge in [0.25, 0.3) is 0 Å². The van der Waals surface area contributed by atoms with E-state index in [9.17, 15) is 5.11 Å². The molecule has 0 aliphatic carbocycles. The van der Waals surface area contributed by atoms with Crippen LogP contribution in [0.4, 0.5) is 5.69 Å². The van der Waals surface area contributed by atoms with E-state index in [2.05, 4.69) is 19.3 Å².